The fraction of sp³-hybridized carbons (Fsp3) is 0.278. The van der Waals surface area contributed by atoms with E-state index in [9.17, 15) is 14.0 Å². The third-order valence-corrected chi connectivity index (χ3v) is 4.06. The number of hydrogen-bond donors (Lipinski definition) is 2. The van der Waals surface area contributed by atoms with Gasteiger partial charge in [0.2, 0.25) is 0 Å². The fourth-order valence-electron chi connectivity index (χ4n) is 2.88. The number of aromatic nitrogens is 1. The number of amides is 2. The Morgan fingerprint density at radius 1 is 1.20 bits per heavy atom. The first kappa shape index (κ1) is 16.9. The quantitative estimate of drug-likeness (QED) is 0.836. The van der Waals surface area contributed by atoms with Crippen LogP contribution in [-0.2, 0) is 9.59 Å². The van der Waals surface area contributed by atoms with E-state index in [4.69, 9.17) is 0 Å². The Labute approximate surface area is 145 Å². The van der Waals surface area contributed by atoms with E-state index < -0.39 is 11.8 Å². The van der Waals surface area contributed by atoms with Crippen LogP contribution in [0.1, 0.15) is 12.8 Å². The minimum absolute atomic E-state index is 0.163. The number of pyridine rings is 1. The van der Waals surface area contributed by atoms with Crippen molar-refractivity contribution in [2.24, 2.45) is 0 Å². The van der Waals surface area contributed by atoms with Crippen LogP contribution < -0.4 is 15.5 Å². The molecule has 1 aliphatic rings. The third kappa shape index (κ3) is 4.53. The van der Waals surface area contributed by atoms with Crippen molar-refractivity contribution >= 4 is 23.2 Å². The van der Waals surface area contributed by atoms with Gasteiger partial charge in [-0.25, -0.2) is 4.39 Å². The molecule has 2 amide bonds. The Morgan fingerprint density at radius 2 is 2.08 bits per heavy atom. The standard InChI is InChI=1S/C18H19FN4O2/c19-13-4-1-7-16(10-13)23-9-3-6-15(12-23)22-18(25)17(24)21-14-5-2-8-20-11-14/h1-2,4-5,7-8,10-11,15H,3,6,9,12H2,(H,21,24)(H,22,25)/t15-/m1/s1. The van der Waals surface area contributed by atoms with Gasteiger partial charge >= 0.3 is 11.8 Å². The van der Waals surface area contributed by atoms with Crippen LogP contribution in [0.2, 0.25) is 0 Å². The maximum atomic E-state index is 13.4. The maximum absolute atomic E-state index is 13.4. The molecule has 0 spiro atoms. The van der Waals surface area contributed by atoms with Crippen LogP contribution in [-0.4, -0.2) is 35.9 Å². The molecule has 2 heterocycles. The number of carbonyl (C=O) groups is 2. The van der Waals surface area contributed by atoms with Gasteiger partial charge in [-0.2, -0.15) is 0 Å². The van der Waals surface area contributed by atoms with E-state index in [2.05, 4.69) is 15.6 Å². The highest BCUT2D eigenvalue weighted by atomic mass is 19.1. The molecular weight excluding hydrogens is 323 g/mol. The minimum Gasteiger partial charge on any atom is -0.369 e. The summed E-state index contributed by atoms with van der Waals surface area (Å²) in [6, 6.07) is 9.53. The Morgan fingerprint density at radius 3 is 2.84 bits per heavy atom. The van der Waals surface area contributed by atoms with Gasteiger partial charge in [0.15, 0.2) is 0 Å². The lowest BCUT2D eigenvalue weighted by molar-refractivity contribution is -0.136. The van der Waals surface area contributed by atoms with Crippen molar-refractivity contribution in [1.82, 2.24) is 10.3 Å². The molecule has 3 rings (SSSR count). The van der Waals surface area contributed by atoms with Gasteiger partial charge in [-0.3, -0.25) is 14.6 Å². The van der Waals surface area contributed by atoms with Gasteiger partial charge in [0.1, 0.15) is 5.82 Å². The molecule has 0 saturated carbocycles. The molecule has 1 fully saturated rings. The highest BCUT2D eigenvalue weighted by Crippen LogP contribution is 2.20. The van der Waals surface area contributed by atoms with Crippen LogP contribution in [0.5, 0.6) is 0 Å². The Kier molecular flexibility index (Phi) is 5.23. The summed E-state index contributed by atoms with van der Waals surface area (Å²) < 4.78 is 13.4. The van der Waals surface area contributed by atoms with Crippen molar-refractivity contribution in [3.8, 4) is 0 Å². The molecule has 1 aromatic heterocycles. The molecule has 130 valence electrons. The van der Waals surface area contributed by atoms with Crippen molar-refractivity contribution in [2.45, 2.75) is 18.9 Å². The van der Waals surface area contributed by atoms with Crippen molar-refractivity contribution in [2.75, 3.05) is 23.3 Å². The van der Waals surface area contributed by atoms with Gasteiger partial charge in [0, 0.05) is 31.0 Å². The van der Waals surface area contributed by atoms with Crippen LogP contribution >= 0.6 is 0 Å². The second-order valence-electron chi connectivity index (χ2n) is 5.93. The van der Waals surface area contributed by atoms with E-state index in [0.29, 0.717) is 12.2 Å². The lowest BCUT2D eigenvalue weighted by Gasteiger charge is -2.34. The molecule has 0 bridgehead atoms. The summed E-state index contributed by atoms with van der Waals surface area (Å²) in [4.78, 5) is 29.9. The first-order valence-corrected chi connectivity index (χ1v) is 8.14. The smallest absolute Gasteiger partial charge is 0.313 e. The Bertz CT molecular complexity index is 754. The van der Waals surface area contributed by atoms with Crippen molar-refractivity contribution in [3.63, 3.8) is 0 Å². The summed E-state index contributed by atoms with van der Waals surface area (Å²) >= 11 is 0. The monoisotopic (exact) mass is 342 g/mol. The number of anilines is 2. The average molecular weight is 342 g/mol. The molecule has 0 unspecified atom stereocenters. The molecule has 2 aromatic rings. The summed E-state index contributed by atoms with van der Waals surface area (Å²) in [6.45, 7) is 1.33. The van der Waals surface area contributed by atoms with Crippen molar-refractivity contribution < 1.29 is 14.0 Å². The molecule has 2 N–H and O–H groups in total. The number of hydrogen-bond acceptors (Lipinski definition) is 4. The lowest BCUT2D eigenvalue weighted by Crippen LogP contribution is -2.50. The van der Waals surface area contributed by atoms with Gasteiger partial charge < -0.3 is 15.5 Å². The largest absolute Gasteiger partial charge is 0.369 e. The van der Waals surface area contributed by atoms with Crippen LogP contribution in [0.3, 0.4) is 0 Å². The Hall–Kier alpha value is -2.96. The summed E-state index contributed by atoms with van der Waals surface area (Å²) in [5.74, 6) is -1.70. The van der Waals surface area contributed by atoms with Crippen LogP contribution in [0.25, 0.3) is 0 Å². The zero-order chi connectivity index (χ0) is 17.6. The summed E-state index contributed by atoms with van der Waals surface area (Å²) in [5.41, 5.74) is 1.24. The Balaban J connectivity index is 1.57. The normalized spacial score (nSPS) is 17.0. The van der Waals surface area contributed by atoms with Crippen molar-refractivity contribution in [1.29, 1.82) is 0 Å². The third-order valence-electron chi connectivity index (χ3n) is 4.06. The number of nitrogens with zero attached hydrogens (tertiary/aromatic N) is 2. The average Bonchev–Trinajstić information content (AvgIpc) is 2.63. The van der Waals surface area contributed by atoms with E-state index in [-0.39, 0.29) is 11.9 Å². The first-order chi connectivity index (χ1) is 12.1. The van der Waals surface area contributed by atoms with Gasteiger partial charge in [0.05, 0.1) is 11.9 Å². The molecule has 1 aliphatic heterocycles. The highest BCUT2D eigenvalue weighted by molar-refractivity contribution is 6.39. The number of rotatable bonds is 3. The predicted octanol–water partition coefficient (Wildman–Crippen LogP) is 1.94. The highest BCUT2D eigenvalue weighted by Gasteiger charge is 2.24. The van der Waals surface area contributed by atoms with Crippen LogP contribution in [0, 0.1) is 5.82 Å². The molecule has 7 heteroatoms. The second-order valence-corrected chi connectivity index (χ2v) is 5.93. The molecule has 6 nitrogen and oxygen atoms in total. The van der Waals surface area contributed by atoms with Gasteiger partial charge in [-0.1, -0.05) is 6.07 Å². The maximum Gasteiger partial charge on any atom is 0.313 e. The first-order valence-electron chi connectivity index (χ1n) is 8.14. The van der Waals surface area contributed by atoms with E-state index in [1.165, 1.54) is 18.3 Å². The van der Waals surface area contributed by atoms with Crippen LogP contribution in [0.4, 0.5) is 15.8 Å². The predicted molar refractivity (Wildman–Crippen MR) is 92.6 cm³/mol. The molecular formula is C18H19FN4O2. The van der Waals surface area contributed by atoms with E-state index >= 15 is 0 Å². The zero-order valence-electron chi connectivity index (χ0n) is 13.6. The van der Waals surface area contributed by atoms with Gasteiger partial charge in [0.25, 0.3) is 0 Å². The topological polar surface area (TPSA) is 74.3 Å². The number of nitrogens with one attached hydrogen (secondary N) is 2. The van der Waals surface area contributed by atoms with E-state index in [0.717, 1.165) is 25.1 Å². The summed E-state index contributed by atoms with van der Waals surface area (Å²) in [7, 11) is 0. The minimum atomic E-state index is -0.726. The molecule has 1 aromatic carbocycles. The van der Waals surface area contributed by atoms with Crippen LogP contribution in [0.15, 0.2) is 48.8 Å². The molecule has 0 radical (unpaired) electrons. The molecule has 25 heavy (non-hydrogen) atoms. The number of halogens is 1. The SMILES string of the molecule is O=C(Nc1cccnc1)C(=O)N[C@@H]1CCCN(c2cccc(F)c2)C1. The second kappa shape index (κ2) is 7.74. The lowest BCUT2D eigenvalue weighted by atomic mass is 10.0. The van der Waals surface area contributed by atoms with E-state index in [1.54, 1.807) is 24.4 Å². The van der Waals surface area contributed by atoms with E-state index in [1.807, 2.05) is 11.0 Å². The fourth-order valence-corrected chi connectivity index (χ4v) is 2.88. The number of benzene rings is 1. The van der Waals surface area contributed by atoms with Gasteiger partial charge in [-0.05, 0) is 43.2 Å². The number of piperidine rings is 1. The zero-order valence-corrected chi connectivity index (χ0v) is 13.6. The summed E-state index contributed by atoms with van der Waals surface area (Å²) in [6.07, 6.45) is 4.68. The molecule has 1 atom stereocenters. The number of carbonyl (C=O) groups excluding carboxylic acids is 2. The van der Waals surface area contributed by atoms with Gasteiger partial charge in [-0.15, -0.1) is 0 Å². The summed E-state index contributed by atoms with van der Waals surface area (Å²) in [5, 5.41) is 5.25. The molecule has 1 saturated heterocycles. The van der Waals surface area contributed by atoms with Crippen molar-refractivity contribution in [3.05, 3.63) is 54.6 Å². The molecule has 0 aliphatic carbocycles.